The van der Waals surface area contributed by atoms with Crippen molar-refractivity contribution in [2.75, 3.05) is 0 Å². The molecule has 0 unspecified atom stereocenters. The number of aryl methyl sites for hydroxylation is 1. The molecule has 0 bridgehead atoms. The van der Waals surface area contributed by atoms with Gasteiger partial charge in [0.2, 0.25) is 0 Å². The molecule has 0 atom stereocenters. The van der Waals surface area contributed by atoms with Crippen molar-refractivity contribution in [2.24, 2.45) is 0 Å². The van der Waals surface area contributed by atoms with E-state index in [2.05, 4.69) is 120 Å². The van der Waals surface area contributed by atoms with Crippen LogP contribution in [0.5, 0.6) is 0 Å². The van der Waals surface area contributed by atoms with E-state index in [1.54, 1.807) is 6.92 Å². The van der Waals surface area contributed by atoms with Crippen LogP contribution in [0.25, 0.3) is 49.7 Å². The average Bonchev–Trinajstić information content (AvgIpc) is 3.34. The third kappa shape index (κ3) is 4.78. The van der Waals surface area contributed by atoms with Gasteiger partial charge in [0.25, 0.3) is 0 Å². The van der Waals surface area contributed by atoms with Gasteiger partial charge in [-0.05, 0) is 87.9 Å². The third-order valence-corrected chi connectivity index (χ3v) is 8.23. The van der Waals surface area contributed by atoms with Crippen LogP contribution in [-0.4, -0.2) is 4.57 Å². The minimum atomic E-state index is -0.140. The first kappa shape index (κ1) is 22.6. The summed E-state index contributed by atoms with van der Waals surface area (Å²) in [6, 6.07) is 27.9. The van der Waals surface area contributed by atoms with Gasteiger partial charge in [0.05, 0.1) is 16.5 Å². The van der Waals surface area contributed by atoms with Crippen molar-refractivity contribution >= 4 is 21.8 Å². The lowest BCUT2D eigenvalue weighted by molar-refractivity contribution is 0.569. The lowest BCUT2D eigenvalue weighted by Gasteiger charge is -2.26. The summed E-state index contributed by atoms with van der Waals surface area (Å²) in [5.74, 6) is 0. The summed E-state index contributed by atoms with van der Waals surface area (Å²) in [5, 5.41) is 2.19. The van der Waals surface area contributed by atoms with Gasteiger partial charge in [-0.1, -0.05) is 126 Å². The molecular formula is C40H41N. The number of benzene rings is 5. The molecule has 0 aliphatic rings. The Hall–Kier alpha value is -4.10. The van der Waals surface area contributed by atoms with Crippen LogP contribution in [0.4, 0.5) is 0 Å². The van der Waals surface area contributed by atoms with E-state index in [1.165, 1.54) is 16.7 Å². The number of hydrogen-bond donors (Lipinski definition) is 0. The van der Waals surface area contributed by atoms with Crippen molar-refractivity contribution < 1.29 is 5.48 Å². The number of aromatic nitrogens is 1. The molecule has 0 saturated heterocycles. The molecule has 1 heteroatoms. The van der Waals surface area contributed by atoms with Gasteiger partial charge in [-0.25, -0.2) is 0 Å². The Morgan fingerprint density at radius 3 is 1.93 bits per heavy atom. The Morgan fingerprint density at radius 2 is 1.27 bits per heavy atom. The standard InChI is InChI=1S/C40H41N/c1-26-14-12-15-28(22-26)33-20-21-36-37(27(33)2)38-34(18-13-19-35(38)41(36)32-16-10-9-11-17-32)29-23-30(39(3,4)5)25-31(24-29)40(6,7)8/h9-25H,1-8H3/i12D,14D,15D,22D. The molecule has 1 heterocycles. The maximum absolute atomic E-state index is 8.93. The summed E-state index contributed by atoms with van der Waals surface area (Å²) in [4.78, 5) is 0. The zero-order chi connectivity index (χ0) is 32.6. The van der Waals surface area contributed by atoms with Crippen LogP contribution in [0.2, 0.25) is 0 Å². The van der Waals surface area contributed by atoms with Crippen LogP contribution < -0.4 is 0 Å². The molecule has 0 aliphatic heterocycles. The lowest BCUT2D eigenvalue weighted by Crippen LogP contribution is -2.16. The number of nitrogens with zero attached hydrogens (tertiary/aromatic N) is 1. The minimum Gasteiger partial charge on any atom is -0.309 e. The zero-order valence-electron chi connectivity index (χ0n) is 29.5. The van der Waals surface area contributed by atoms with E-state index in [0.29, 0.717) is 11.1 Å². The molecule has 1 aromatic heterocycles. The largest absolute Gasteiger partial charge is 0.309 e. The topological polar surface area (TPSA) is 4.93 Å². The Morgan fingerprint density at radius 1 is 0.610 bits per heavy atom. The summed E-state index contributed by atoms with van der Waals surface area (Å²) in [5.41, 5.74) is 10.6. The van der Waals surface area contributed by atoms with Gasteiger partial charge in [0, 0.05) is 16.5 Å². The normalized spacial score (nSPS) is 13.8. The van der Waals surface area contributed by atoms with E-state index in [1.807, 2.05) is 12.1 Å². The molecule has 0 aliphatic carbocycles. The molecule has 0 N–H and O–H groups in total. The summed E-state index contributed by atoms with van der Waals surface area (Å²) in [7, 11) is 0. The van der Waals surface area contributed by atoms with E-state index in [9.17, 15) is 0 Å². The van der Waals surface area contributed by atoms with Crippen LogP contribution in [-0.2, 0) is 10.8 Å². The van der Waals surface area contributed by atoms with Crippen LogP contribution in [0, 0.1) is 13.8 Å². The van der Waals surface area contributed by atoms with Crippen molar-refractivity contribution in [3.63, 3.8) is 0 Å². The highest BCUT2D eigenvalue weighted by molar-refractivity contribution is 6.18. The number of hydrogen-bond acceptors (Lipinski definition) is 0. The highest BCUT2D eigenvalue weighted by atomic mass is 15.0. The smallest absolute Gasteiger partial charge is 0.0632 e. The van der Waals surface area contributed by atoms with Gasteiger partial charge in [-0.2, -0.15) is 0 Å². The van der Waals surface area contributed by atoms with Gasteiger partial charge in [-0.15, -0.1) is 0 Å². The highest BCUT2D eigenvalue weighted by Gasteiger charge is 2.24. The first-order valence-corrected chi connectivity index (χ1v) is 14.5. The van der Waals surface area contributed by atoms with Crippen molar-refractivity contribution in [1.29, 1.82) is 0 Å². The van der Waals surface area contributed by atoms with Gasteiger partial charge in [0.1, 0.15) is 0 Å². The SMILES string of the molecule is [2H]c1c([2H])c(C)c([2H])c(-c2ccc3c(c2C)c2c(-c4cc(C(C)(C)C)cc(C(C)(C)C)c4)cccc2n3-c2ccccc2)c1[2H]. The van der Waals surface area contributed by atoms with Gasteiger partial charge >= 0.3 is 0 Å². The number of para-hydroxylation sites is 1. The second-order valence-electron chi connectivity index (χ2n) is 13.3. The van der Waals surface area contributed by atoms with Crippen LogP contribution in [0.1, 0.15) is 69.3 Å². The maximum Gasteiger partial charge on any atom is 0.0632 e. The van der Waals surface area contributed by atoms with Gasteiger partial charge in [-0.3, -0.25) is 0 Å². The third-order valence-electron chi connectivity index (χ3n) is 8.23. The predicted octanol–water partition coefficient (Wildman–Crippen LogP) is 11.3. The van der Waals surface area contributed by atoms with Crippen molar-refractivity contribution in [3.8, 4) is 27.9 Å². The molecule has 0 radical (unpaired) electrons. The minimum absolute atomic E-state index is 0.0318. The second-order valence-corrected chi connectivity index (χ2v) is 13.3. The van der Waals surface area contributed by atoms with Crippen LogP contribution >= 0.6 is 0 Å². The summed E-state index contributed by atoms with van der Waals surface area (Å²) in [6.45, 7) is 17.3. The molecule has 0 saturated carbocycles. The van der Waals surface area contributed by atoms with Crippen LogP contribution in [0.3, 0.4) is 0 Å². The van der Waals surface area contributed by atoms with E-state index in [0.717, 1.165) is 44.2 Å². The number of fused-ring (bicyclic) bond motifs is 3. The van der Waals surface area contributed by atoms with Gasteiger partial charge < -0.3 is 4.57 Å². The van der Waals surface area contributed by atoms with Crippen LogP contribution in [0.15, 0.2) is 103 Å². The summed E-state index contributed by atoms with van der Waals surface area (Å²) >= 11 is 0. The fraction of sp³-hybridized carbons (Fsp3) is 0.250. The molecule has 0 fully saturated rings. The summed E-state index contributed by atoms with van der Waals surface area (Å²) < 4.78 is 36.8. The predicted molar refractivity (Wildman–Crippen MR) is 179 cm³/mol. The van der Waals surface area contributed by atoms with Crippen molar-refractivity contribution in [1.82, 2.24) is 4.57 Å². The fourth-order valence-electron chi connectivity index (χ4n) is 5.91. The Balaban J connectivity index is 1.79. The van der Waals surface area contributed by atoms with E-state index in [-0.39, 0.29) is 35.0 Å². The molecular weight excluding hydrogens is 494 g/mol. The monoisotopic (exact) mass is 539 g/mol. The average molecular weight is 540 g/mol. The Labute approximate surface area is 251 Å². The highest BCUT2D eigenvalue weighted by Crippen LogP contribution is 2.44. The fourth-order valence-corrected chi connectivity index (χ4v) is 5.91. The quantitative estimate of drug-likeness (QED) is 0.211. The molecule has 41 heavy (non-hydrogen) atoms. The second kappa shape index (κ2) is 9.77. The van der Waals surface area contributed by atoms with E-state index < -0.39 is 0 Å². The maximum atomic E-state index is 8.93. The number of rotatable bonds is 3. The molecule has 5 aromatic carbocycles. The molecule has 6 aromatic rings. The lowest BCUT2D eigenvalue weighted by atomic mass is 9.78. The van der Waals surface area contributed by atoms with E-state index in [4.69, 9.17) is 5.48 Å². The zero-order valence-corrected chi connectivity index (χ0v) is 25.5. The van der Waals surface area contributed by atoms with E-state index >= 15 is 0 Å². The molecule has 6 rings (SSSR count). The Bertz CT molecular complexity index is 2060. The van der Waals surface area contributed by atoms with Crippen molar-refractivity contribution in [3.05, 3.63) is 125 Å². The molecule has 1 nitrogen and oxygen atoms in total. The Kier molecular flexibility index (Phi) is 5.38. The first-order chi connectivity index (χ1) is 21.1. The molecule has 0 spiro atoms. The molecule has 206 valence electrons. The summed E-state index contributed by atoms with van der Waals surface area (Å²) in [6.07, 6.45) is 0. The molecule has 0 amide bonds. The van der Waals surface area contributed by atoms with Crippen molar-refractivity contribution in [2.45, 2.75) is 66.2 Å². The first-order valence-electron chi connectivity index (χ1n) is 16.5. The van der Waals surface area contributed by atoms with Gasteiger partial charge in [0.15, 0.2) is 0 Å².